The molecule has 2 rings (SSSR count). The lowest BCUT2D eigenvalue weighted by atomic mass is 10.0. The number of aliphatic carboxylic acids is 1. The summed E-state index contributed by atoms with van der Waals surface area (Å²) in [6.45, 7) is 0.279. The fourth-order valence-electron chi connectivity index (χ4n) is 2.55. The van der Waals surface area contributed by atoms with Crippen LogP contribution in [0.15, 0.2) is 30.6 Å². The van der Waals surface area contributed by atoms with Crippen LogP contribution in [0.5, 0.6) is 0 Å². The molecule has 0 aliphatic rings. The summed E-state index contributed by atoms with van der Waals surface area (Å²) in [5.74, 6) is -2.74. The number of benzene rings is 1. The highest BCUT2D eigenvalue weighted by molar-refractivity contribution is 5.75. The first-order valence-corrected chi connectivity index (χ1v) is 7.37. The number of alkyl halides is 3. The largest absolute Gasteiger partial charge is 0.480 e. The zero-order valence-corrected chi connectivity index (χ0v) is 13.6. The molecular formula is C16H17F4N3O2. The molecule has 1 aromatic carbocycles. The number of hydrogen-bond acceptors (Lipinski definition) is 3. The van der Waals surface area contributed by atoms with E-state index < -0.39 is 29.6 Å². The molecule has 2 aromatic rings. The van der Waals surface area contributed by atoms with Crippen LogP contribution >= 0.6 is 0 Å². The number of aryl methyl sites for hydroxylation is 1. The van der Waals surface area contributed by atoms with Gasteiger partial charge in [0.15, 0.2) is 0 Å². The lowest BCUT2D eigenvalue weighted by molar-refractivity contribution is -0.144. The zero-order valence-electron chi connectivity index (χ0n) is 13.6. The van der Waals surface area contributed by atoms with Gasteiger partial charge >= 0.3 is 12.1 Å². The maximum Gasteiger partial charge on any atom is 0.419 e. The van der Waals surface area contributed by atoms with Crippen LogP contribution in [0, 0.1) is 5.82 Å². The van der Waals surface area contributed by atoms with Crippen molar-refractivity contribution in [1.29, 1.82) is 0 Å². The monoisotopic (exact) mass is 359 g/mol. The van der Waals surface area contributed by atoms with Gasteiger partial charge in [0.05, 0.1) is 11.8 Å². The Bertz CT molecular complexity index is 758. The molecule has 0 amide bonds. The molecule has 0 unspecified atom stereocenters. The van der Waals surface area contributed by atoms with E-state index in [9.17, 15) is 27.5 Å². The van der Waals surface area contributed by atoms with Crippen molar-refractivity contribution in [2.45, 2.75) is 18.6 Å². The van der Waals surface area contributed by atoms with Crippen LogP contribution in [-0.2, 0) is 24.4 Å². The van der Waals surface area contributed by atoms with Crippen LogP contribution in [0.3, 0.4) is 0 Å². The van der Waals surface area contributed by atoms with Gasteiger partial charge in [0.25, 0.3) is 0 Å². The van der Waals surface area contributed by atoms with E-state index in [1.807, 2.05) is 0 Å². The van der Waals surface area contributed by atoms with Gasteiger partial charge in [-0.3, -0.25) is 14.4 Å². The Labute approximate surface area is 141 Å². The Morgan fingerprint density at radius 2 is 2.08 bits per heavy atom. The highest BCUT2D eigenvalue weighted by Gasteiger charge is 2.36. The van der Waals surface area contributed by atoms with Gasteiger partial charge in [0.2, 0.25) is 0 Å². The zero-order chi connectivity index (χ0) is 18.8. The minimum absolute atomic E-state index is 0.130. The molecule has 1 atom stereocenters. The first kappa shape index (κ1) is 18.9. The number of halogens is 4. The fourth-order valence-corrected chi connectivity index (χ4v) is 2.55. The van der Waals surface area contributed by atoms with Gasteiger partial charge in [-0.05, 0) is 36.7 Å². The van der Waals surface area contributed by atoms with Crippen molar-refractivity contribution in [1.82, 2.24) is 14.7 Å². The quantitative estimate of drug-likeness (QED) is 0.806. The number of carboxylic acids is 1. The normalized spacial score (nSPS) is 13.2. The molecule has 0 fully saturated rings. The SMILES string of the molecule is CN(CCc1cnn(C)c1)[C@@H](C(=O)O)c1ccc(F)c(C(F)(F)F)c1. The summed E-state index contributed by atoms with van der Waals surface area (Å²) >= 11 is 0. The van der Waals surface area contributed by atoms with E-state index in [4.69, 9.17) is 0 Å². The molecule has 9 heteroatoms. The summed E-state index contributed by atoms with van der Waals surface area (Å²) in [5.41, 5.74) is -0.736. The predicted molar refractivity (Wildman–Crippen MR) is 81.3 cm³/mol. The molecule has 0 saturated carbocycles. The second kappa shape index (κ2) is 7.22. The van der Waals surface area contributed by atoms with Gasteiger partial charge in [0.1, 0.15) is 11.9 Å². The number of likely N-dealkylation sites (N-methyl/N-ethyl adjacent to an activating group) is 1. The molecule has 0 bridgehead atoms. The van der Waals surface area contributed by atoms with E-state index >= 15 is 0 Å². The Morgan fingerprint density at radius 3 is 2.60 bits per heavy atom. The van der Waals surface area contributed by atoms with E-state index in [1.54, 1.807) is 24.1 Å². The van der Waals surface area contributed by atoms with E-state index in [0.29, 0.717) is 18.6 Å². The summed E-state index contributed by atoms with van der Waals surface area (Å²) in [6.07, 6.45) is -1.02. The summed E-state index contributed by atoms with van der Waals surface area (Å²) < 4.78 is 53.6. The second-order valence-electron chi connectivity index (χ2n) is 5.73. The summed E-state index contributed by atoms with van der Waals surface area (Å²) in [6, 6.07) is 0.931. The summed E-state index contributed by atoms with van der Waals surface area (Å²) in [4.78, 5) is 13.0. The van der Waals surface area contributed by atoms with Crippen molar-refractivity contribution >= 4 is 5.97 Å². The first-order chi connectivity index (χ1) is 11.6. The van der Waals surface area contributed by atoms with Crippen LogP contribution in [0.4, 0.5) is 17.6 Å². The standard InChI is InChI=1S/C16H17F4N3O2/c1-22(6-5-10-8-21-23(2)9-10)14(15(24)25)11-3-4-13(17)12(7-11)16(18,19)20/h3-4,7-9,14H,5-6H2,1-2H3,(H,24,25)/t14-/m1/s1. The lowest BCUT2D eigenvalue weighted by Gasteiger charge is -2.25. The number of carboxylic acid groups (broad SMARTS) is 1. The predicted octanol–water partition coefficient (Wildman–Crippen LogP) is 2.88. The molecule has 0 saturated heterocycles. The summed E-state index contributed by atoms with van der Waals surface area (Å²) in [5, 5.41) is 13.4. The highest BCUT2D eigenvalue weighted by atomic mass is 19.4. The third-order valence-electron chi connectivity index (χ3n) is 3.80. The Hall–Kier alpha value is -2.42. The fraction of sp³-hybridized carbons (Fsp3) is 0.375. The highest BCUT2D eigenvalue weighted by Crippen LogP contribution is 2.34. The van der Waals surface area contributed by atoms with Crippen LogP contribution < -0.4 is 0 Å². The molecule has 0 spiro atoms. The average molecular weight is 359 g/mol. The lowest BCUT2D eigenvalue weighted by Crippen LogP contribution is -2.32. The van der Waals surface area contributed by atoms with E-state index in [2.05, 4.69) is 5.10 Å². The van der Waals surface area contributed by atoms with Crippen LogP contribution in [0.1, 0.15) is 22.7 Å². The van der Waals surface area contributed by atoms with Crippen molar-refractivity contribution < 1.29 is 27.5 Å². The third-order valence-corrected chi connectivity index (χ3v) is 3.80. The Kier molecular flexibility index (Phi) is 5.46. The number of carbonyl (C=O) groups is 1. The van der Waals surface area contributed by atoms with Gasteiger partial charge in [-0.2, -0.15) is 18.3 Å². The van der Waals surface area contributed by atoms with Gasteiger partial charge < -0.3 is 5.11 Å². The maximum atomic E-state index is 13.4. The second-order valence-corrected chi connectivity index (χ2v) is 5.73. The number of nitrogens with zero attached hydrogens (tertiary/aromatic N) is 3. The van der Waals surface area contributed by atoms with Gasteiger partial charge in [-0.15, -0.1) is 0 Å². The Balaban J connectivity index is 2.23. The molecule has 1 aromatic heterocycles. The minimum Gasteiger partial charge on any atom is -0.480 e. The van der Waals surface area contributed by atoms with Crippen LogP contribution in [0.2, 0.25) is 0 Å². The smallest absolute Gasteiger partial charge is 0.419 e. The average Bonchev–Trinajstić information content (AvgIpc) is 2.91. The van der Waals surface area contributed by atoms with Crippen LogP contribution in [-0.4, -0.2) is 39.3 Å². The van der Waals surface area contributed by atoms with Gasteiger partial charge in [-0.1, -0.05) is 6.07 Å². The van der Waals surface area contributed by atoms with E-state index in [-0.39, 0.29) is 12.1 Å². The molecule has 25 heavy (non-hydrogen) atoms. The van der Waals surface area contributed by atoms with Crippen molar-refractivity contribution in [3.63, 3.8) is 0 Å². The third kappa shape index (κ3) is 4.56. The number of rotatable bonds is 6. The maximum absolute atomic E-state index is 13.4. The number of aromatic nitrogens is 2. The molecule has 0 aliphatic carbocycles. The molecule has 1 heterocycles. The van der Waals surface area contributed by atoms with Crippen molar-refractivity contribution in [3.05, 3.63) is 53.1 Å². The Morgan fingerprint density at radius 1 is 1.40 bits per heavy atom. The summed E-state index contributed by atoms with van der Waals surface area (Å²) in [7, 11) is 3.23. The molecule has 136 valence electrons. The van der Waals surface area contributed by atoms with Crippen molar-refractivity contribution in [3.8, 4) is 0 Å². The van der Waals surface area contributed by atoms with Crippen molar-refractivity contribution in [2.24, 2.45) is 7.05 Å². The van der Waals surface area contributed by atoms with Gasteiger partial charge in [0, 0.05) is 19.8 Å². The van der Waals surface area contributed by atoms with Gasteiger partial charge in [-0.25, -0.2) is 4.39 Å². The topological polar surface area (TPSA) is 58.4 Å². The van der Waals surface area contributed by atoms with Crippen molar-refractivity contribution in [2.75, 3.05) is 13.6 Å². The number of hydrogen-bond donors (Lipinski definition) is 1. The minimum atomic E-state index is -4.89. The molecule has 0 radical (unpaired) electrons. The first-order valence-electron chi connectivity index (χ1n) is 7.37. The van der Waals surface area contributed by atoms with Crippen LogP contribution in [0.25, 0.3) is 0 Å². The van der Waals surface area contributed by atoms with E-state index in [0.717, 1.165) is 11.6 Å². The molecular weight excluding hydrogens is 342 g/mol. The molecule has 5 nitrogen and oxygen atoms in total. The molecule has 0 aliphatic heterocycles. The van der Waals surface area contributed by atoms with E-state index in [1.165, 1.54) is 11.9 Å². The molecule has 1 N–H and O–H groups in total.